The molecule has 0 heterocycles. The van der Waals surface area contributed by atoms with E-state index in [-0.39, 0.29) is 6.10 Å². The highest BCUT2D eigenvalue weighted by Gasteiger charge is 2.10. The summed E-state index contributed by atoms with van der Waals surface area (Å²) < 4.78 is 0. The predicted octanol–water partition coefficient (Wildman–Crippen LogP) is 4.28. The second-order valence-electron chi connectivity index (χ2n) is 3.88. The molecule has 0 aliphatic carbocycles. The molecule has 0 unspecified atom stereocenters. The predicted molar refractivity (Wildman–Crippen MR) is 72.3 cm³/mol. The van der Waals surface area contributed by atoms with Crippen molar-refractivity contribution in [3.05, 3.63) is 60.2 Å². The third kappa shape index (κ3) is 3.11. The number of benzene rings is 2. The van der Waals surface area contributed by atoms with Gasteiger partial charge in [-0.3, -0.25) is 0 Å². The van der Waals surface area contributed by atoms with E-state index in [2.05, 4.69) is 18.2 Å². The molecule has 1 atom stereocenters. The maximum Gasteiger partial charge on any atom is 0.0798 e. The monoisotopic (exact) mass is 244 g/mol. The first kappa shape index (κ1) is 12.2. The molecule has 0 spiro atoms. The first-order chi connectivity index (χ1) is 8.31. The zero-order chi connectivity index (χ0) is 12.1. The lowest BCUT2D eigenvalue weighted by Gasteiger charge is -2.13. The van der Waals surface area contributed by atoms with E-state index in [0.29, 0.717) is 0 Å². The molecule has 88 valence electrons. The highest BCUT2D eigenvalue weighted by molar-refractivity contribution is 7.99. The largest absolute Gasteiger partial charge is 0.388 e. The van der Waals surface area contributed by atoms with Crippen molar-refractivity contribution in [1.29, 1.82) is 0 Å². The molecule has 0 fully saturated rings. The first-order valence-electron chi connectivity index (χ1n) is 5.81. The Balaban J connectivity index is 2.27. The van der Waals surface area contributed by atoms with Gasteiger partial charge >= 0.3 is 0 Å². The molecule has 17 heavy (non-hydrogen) atoms. The van der Waals surface area contributed by atoms with Gasteiger partial charge in [-0.2, -0.15) is 0 Å². The van der Waals surface area contributed by atoms with Crippen molar-refractivity contribution in [3.63, 3.8) is 0 Å². The molecule has 2 rings (SSSR count). The summed E-state index contributed by atoms with van der Waals surface area (Å²) in [5.74, 6) is 0. The minimum atomic E-state index is -0.373. The molecular formula is C15H16OS. The van der Waals surface area contributed by atoms with Gasteiger partial charge in [0.05, 0.1) is 6.10 Å². The van der Waals surface area contributed by atoms with Crippen LogP contribution in [0.1, 0.15) is 25.0 Å². The maximum absolute atomic E-state index is 9.97. The molecule has 0 saturated heterocycles. The van der Waals surface area contributed by atoms with Crippen LogP contribution in [-0.4, -0.2) is 5.11 Å². The number of hydrogen-bond acceptors (Lipinski definition) is 2. The Kier molecular flexibility index (Phi) is 4.24. The fraction of sp³-hybridized carbons (Fsp3) is 0.200. The summed E-state index contributed by atoms with van der Waals surface area (Å²) in [4.78, 5) is 2.33. The smallest absolute Gasteiger partial charge is 0.0798 e. The summed E-state index contributed by atoms with van der Waals surface area (Å²) in [5, 5.41) is 9.97. The van der Waals surface area contributed by atoms with Crippen LogP contribution < -0.4 is 0 Å². The molecule has 2 aromatic rings. The number of aliphatic hydroxyl groups is 1. The molecule has 0 aliphatic rings. The van der Waals surface area contributed by atoms with Gasteiger partial charge < -0.3 is 5.11 Å². The average molecular weight is 244 g/mol. The van der Waals surface area contributed by atoms with Crippen molar-refractivity contribution < 1.29 is 5.11 Å². The Morgan fingerprint density at radius 1 is 1.00 bits per heavy atom. The minimum Gasteiger partial charge on any atom is -0.388 e. The van der Waals surface area contributed by atoms with Crippen molar-refractivity contribution in [2.75, 3.05) is 0 Å². The van der Waals surface area contributed by atoms with E-state index < -0.39 is 0 Å². The molecule has 1 nitrogen and oxygen atoms in total. The Morgan fingerprint density at radius 3 is 2.35 bits per heavy atom. The van der Waals surface area contributed by atoms with Crippen molar-refractivity contribution >= 4 is 11.8 Å². The van der Waals surface area contributed by atoms with E-state index in [1.165, 1.54) is 4.90 Å². The zero-order valence-electron chi connectivity index (χ0n) is 9.84. The number of rotatable bonds is 4. The third-order valence-electron chi connectivity index (χ3n) is 2.64. The van der Waals surface area contributed by atoms with Crippen molar-refractivity contribution in [2.24, 2.45) is 0 Å². The molecule has 0 aliphatic heterocycles. The lowest BCUT2D eigenvalue weighted by Crippen LogP contribution is -1.96. The van der Waals surface area contributed by atoms with Crippen LogP contribution in [0.5, 0.6) is 0 Å². The van der Waals surface area contributed by atoms with Crippen LogP contribution in [0.3, 0.4) is 0 Å². The van der Waals surface area contributed by atoms with Crippen molar-refractivity contribution in [2.45, 2.75) is 29.2 Å². The van der Waals surface area contributed by atoms with Crippen LogP contribution in [0.2, 0.25) is 0 Å². The minimum absolute atomic E-state index is 0.373. The van der Waals surface area contributed by atoms with Gasteiger partial charge in [0.2, 0.25) is 0 Å². The summed E-state index contributed by atoms with van der Waals surface area (Å²) in [7, 11) is 0. The molecule has 0 amide bonds. The summed E-state index contributed by atoms with van der Waals surface area (Å²) in [6, 6.07) is 18.3. The highest BCUT2D eigenvalue weighted by Crippen LogP contribution is 2.33. The van der Waals surface area contributed by atoms with Gasteiger partial charge in [-0.05, 0) is 30.2 Å². The SMILES string of the molecule is CC[C@@H](O)c1ccccc1Sc1ccccc1. The van der Waals surface area contributed by atoms with Crippen LogP contribution in [0.4, 0.5) is 0 Å². The summed E-state index contributed by atoms with van der Waals surface area (Å²) >= 11 is 1.70. The summed E-state index contributed by atoms with van der Waals surface area (Å²) in [5.41, 5.74) is 1.02. The molecule has 0 aromatic heterocycles. The Morgan fingerprint density at radius 2 is 1.65 bits per heavy atom. The highest BCUT2D eigenvalue weighted by atomic mass is 32.2. The van der Waals surface area contributed by atoms with Gasteiger partial charge in [0, 0.05) is 9.79 Å². The number of hydrogen-bond donors (Lipinski definition) is 1. The van der Waals surface area contributed by atoms with Gasteiger partial charge in [-0.15, -0.1) is 0 Å². The van der Waals surface area contributed by atoms with E-state index in [1.54, 1.807) is 11.8 Å². The summed E-state index contributed by atoms with van der Waals surface area (Å²) in [6.07, 6.45) is 0.370. The second kappa shape index (κ2) is 5.89. The van der Waals surface area contributed by atoms with Gasteiger partial charge in [0.25, 0.3) is 0 Å². The summed E-state index contributed by atoms with van der Waals surface area (Å²) in [6.45, 7) is 1.99. The molecule has 0 radical (unpaired) electrons. The molecule has 0 saturated carbocycles. The van der Waals surface area contributed by atoms with E-state index >= 15 is 0 Å². The quantitative estimate of drug-likeness (QED) is 0.866. The average Bonchev–Trinajstić information content (AvgIpc) is 2.40. The Bertz CT molecular complexity index is 467. The normalized spacial score (nSPS) is 12.4. The lowest BCUT2D eigenvalue weighted by molar-refractivity contribution is 0.171. The molecule has 1 N–H and O–H groups in total. The van der Waals surface area contributed by atoms with Crippen LogP contribution in [0.25, 0.3) is 0 Å². The third-order valence-corrected chi connectivity index (χ3v) is 3.74. The zero-order valence-corrected chi connectivity index (χ0v) is 10.7. The second-order valence-corrected chi connectivity index (χ2v) is 4.99. The van der Waals surface area contributed by atoms with Gasteiger partial charge in [0.1, 0.15) is 0 Å². The molecular weight excluding hydrogens is 228 g/mol. The van der Waals surface area contributed by atoms with E-state index in [4.69, 9.17) is 0 Å². The Hall–Kier alpha value is -1.25. The Labute approximate surface area is 107 Å². The molecule has 0 bridgehead atoms. The van der Waals surface area contributed by atoms with Gasteiger partial charge in [-0.1, -0.05) is 55.1 Å². The lowest BCUT2D eigenvalue weighted by atomic mass is 10.1. The van der Waals surface area contributed by atoms with E-state index in [9.17, 15) is 5.11 Å². The van der Waals surface area contributed by atoms with Crippen LogP contribution >= 0.6 is 11.8 Å². The van der Waals surface area contributed by atoms with Crippen molar-refractivity contribution in [3.8, 4) is 0 Å². The fourth-order valence-electron chi connectivity index (χ4n) is 1.68. The standard InChI is InChI=1S/C15H16OS/c1-2-14(16)13-10-6-7-11-15(13)17-12-8-4-3-5-9-12/h3-11,14,16H,2H2,1H3/t14-/m1/s1. The fourth-order valence-corrected chi connectivity index (χ4v) is 2.70. The molecule has 2 heteroatoms. The topological polar surface area (TPSA) is 20.2 Å². The van der Waals surface area contributed by atoms with Crippen molar-refractivity contribution in [1.82, 2.24) is 0 Å². The van der Waals surface area contributed by atoms with Crippen LogP contribution in [0.15, 0.2) is 64.4 Å². The maximum atomic E-state index is 9.97. The molecule has 2 aromatic carbocycles. The van der Waals surface area contributed by atoms with Crippen LogP contribution in [0, 0.1) is 0 Å². The van der Waals surface area contributed by atoms with E-state index in [0.717, 1.165) is 16.9 Å². The van der Waals surface area contributed by atoms with Gasteiger partial charge in [0.15, 0.2) is 0 Å². The number of aliphatic hydroxyl groups excluding tert-OH is 1. The van der Waals surface area contributed by atoms with Crippen LogP contribution in [-0.2, 0) is 0 Å². The van der Waals surface area contributed by atoms with Gasteiger partial charge in [-0.25, -0.2) is 0 Å². The van der Waals surface area contributed by atoms with E-state index in [1.807, 2.05) is 43.3 Å². The first-order valence-corrected chi connectivity index (χ1v) is 6.63.